The van der Waals surface area contributed by atoms with Gasteiger partial charge in [0.2, 0.25) is 0 Å². The third-order valence-corrected chi connectivity index (χ3v) is 6.42. The van der Waals surface area contributed by atoms with Gasteiger partial charge in [0.15, 0.2) is 0 Å². The molecule has 3 heteroatoms. The highest BCUT2D eigenvalue weighted by atomic mass is 16.5. The van der Waals surface area contributed by atoms with Crippen LogP contribution < -0.4 is 0 Å². The molecule has 0 bridgehead atoms. The fourth-order valence-electron chi connectivity index (χ4n) is 4.46. The predicted molar refractivity (Wildman–Crippen MR) is 133 cm³/mol. The molecular formula is C28H36N2O. The minimum absolute atomic E-state index is 0.551. The second-order valence-corrected chi connectivity index (χ2v) is 8.85. The normalized spacial score (nSPS) is 17.0. The van der Waals surface area contributed by atoms with Gasteiger partial charge in [-0.2, -0.15) is 0 Å². The Morgan fingerprint density at radius 3 is 2.35 bits per heavy atom. The maximum Gasteiger partial charge on any atom is 0.101 e. The number of benzene rings is 1. The molecule has 1 unspecified atom stereocenters. The van der Waals surface area contributed by atoms with E-state index in [0.717, 1.165) is 51.5 Å². The zero-order valence-electron chi connectivity index (χ0n) is 19.7. The van der Waals surface area contributed by atoms with Crippen molar-refractivity contribution in [2.75, 3.05) is 13.7 Å². The largest absolute Gasteiger partial charge is 0.501 e. The molecule has 1 fully saturated rings. The topological polar surface area (TPSA) is 28.3 Å². The summed E-state index contributed by atoms with van der Waals surface area (Å²) in [5.41, 5.74) is 8.14. The van der Waals surface area contributed by atoms with Crippen molar-refractivity contribution < 1.29 is 4.74 Å². The van der Waals surface area contributed by atoms with Crippen molar-refractivity contribution in [2.45, 2.75) is 46.6 Å². The van der Waals surface area contributed by atoms with Crippen LogP contribution in [0.15, 0.2) is 67.6 Å². The summed E-state index contributed by atoms with van der Waals surface area (Å²) in [5.74, 6) is 1.41. The van der Waals surface area contributed by atoms with Crippen LogP contribution in [0.3, 0.4) is 0 Å². The molecule has 1 saturated heterocycles. The van der Waals surface area contributed by atoms with Crippen molar-refractivity contribution in [1.82, 2.24) is 9.88 Å². The molecule has 31 heavy (non-hydrogen) atoms. The lowest BCUT2D eigenvalue weighted by Gasteiger charge is -2.30. The van der Waals surface area contributed by atoms with E-state index >= 15 is 0 Å². The van der Waals surface area contributed by atoms with Crippen LogP contribution in [0.1, 0.15) is 56.0 Å². The fourth-order valence-corrected chi connectivity index (χ4v) is 4.46. The smallest absolute Gasteiger partial charge is 0.101 e. The van der Waals surface area contributed by atoms with E-state index in [1.807, 2.05) is 13.1 Å². The van der Waals surface area contributed by atoms with E-state index in [4.69, 9.17) is 4.74 Å². The number of H-pyrrole nitrogens is 1. The summed E-state index contributed by atoms with van der Waals surface area (Å²) < 4.78 is 5.62. The lowest BCUT2D eigenvalue weighted by Crippen LogP contribution is -2.31. The van der Waals surface area contributed by atoms with E-state index in [1.54, 1.807) is 7.11 Å². The Labute approximate surface area is 187 Å². The molecule has 1 aliphatic rings. The fraction of sp³-hybridized carbons (Fsp3) is 0.357. The molecule has 1 atom stereocenters. The molecule has 0 radical (unpaired) electrons. The second-order valence-electron chi connectivity index (χ2n) is 8.85. The number of ether oxygens (including phenoxy) is 1. The Balaban J connectivity index is 1.88. The Bertz CT molecular complexity index is 1000. The van der Waals surface area contributed by atoms with E-state index < -0.39 is 0 Å². The van der Waals surface area contributed by atoms with Gasteiger partial charge in [0.1, 0.15) is 5.76 Å². The lowest BCUT2D eigenvalue weighted by molar-refractivity contribution is 0.292. The average Bonchev–Trinajstić information content (AvgIpc) is 3.43. The number of hydrogen-bond donors (Lipinski definition) is 1. The van der Waals surface area contributed by atoms with Crippen molar-refractivity contribution in [3.63, 3.8) is 0 Å². The number of likely N-dealkylation sites (tertiary alicyclic amines) is 1. The molecule has 0 aliphatic carbocycles. The third kappa shape index (κ3) is 4.71. The Kier molecular flexibility index (Phi) is 6.94. The Morgan fingerprint density at radius 2 is 1.74 bits per heavy atom. The monoisotopic (exact) mass is 416 g/mol. The number of nitrogens with zero attached hydrogens (tertiary/aromatic N) is 1. The molecule has 1 aromatic carbocycles. The number of methoxy groups -OCH3 is 1. The highest BCUT2D eigenvalue weighted by Gasteiger charge is 2.29. The Hall–Kier alpha value is -2.94. The number of aromatic nitrogens is 1. The molecule has 1 aromatic heterocycles. The number of aryl methyl sites for hydroxylation is 1. The minimum Gasteiger partial charge on any atom is -0.501 e. The summed E-state index contributed by atoms with van der Waals surface area (Å²) in [6.07, 6.45) is 4.46. The molecule has 164 valence electrons. The average molecular weight is 417 g/mol. The molecule has 1 aliphatic heterocycles. The molecule has 0 saturated carbocycles. The number of allylic oxidation sites excluding steroid dienone is 4. The van der Waals surface area contributed by atoms with Crippen molar-refractivity contribution in [3.05, 3.63) is 90.0 Å². The maximum atomic E-state index is 5.62. The van der Waals surface area contributed by atoms with Gasteiger partial charge in [-0.25, -0.2) is 0 Å². The van der Waals surface area contributed by atoms with Crippen LogP contribution in [0.25, 0.3) is 16.8 Å². The molecule has 3 rings (SSSR count). The first-order chi connectivity index (χ1) is 14.7. The van der Waals surface area contributed by atoms with Crippen LogP contribution in [0, 0.1) is 12.8 Å². The first-order valence-electron chi connectivity index (χ1n) is 11.1. The number of rotatable bonds is 8. The van der Waals surface area contributed by atoms with Crippen molar-refractivity contribution in [3.8, 4) is 0 Å². The van der Waals surface area contributed by atoms with Crippen LogP contribution >= 0.6 is 0 Å². The molecule has 3 nitrogen and oxygen atoms in total. The molecule has 0 spiro atoms. The van der Waals surface area contributed by atoms with Crippen LogP contribution in [-0.4, -0.2) is 29.6 Å². The number of aromatic amines is 1. The number of nitrogens with one attached hydrogen (secondary N) is 1. The van der Waals surface area contributed by atoms with Gasteiger partial charge in [-0.05, 0) is 60.9 Å². The van der Waals surface area contributed by atoms with Gasteiger partial charge in [-0.15, -0.1) is 0 Å². The van der Waals surface area contributed by atoms with Gasteiger partial charge < -0.3 is 14.6 Å². The molecule has 2 heterocycles. The zero-order valence-corrected chi connectivity index (χ0v) is 19.7. The quantitative estimate of drug-likeness (QED) is 0.368. The summed E-state index contributed by atoms with van der Waals surface area (Å²) in [6, 6.07) is 11.1. The van der Waals surface area contributed by atoms with E-state index in [9.17, 15) is 0 Å². The standard InChI is InChI=1S/C28H36N2O/c1-18(2)27-10-9-15-30(27)22(6)26-16-25(17-29-26)21(5)28(23(7)31-8)20(4)24-13-11-19(3)12-14-24/h11-14,16-18,27,29H,4-6,9-10,15H2,1-3,7-8H3/b28-23+. The lowest BCUT2D eigenvalue weighted by atomic mass is 9.90. The van der Waals surface area contributed by atoms with E-state index in [0.29, 0.717) is 12.0 Å². The summed E-state index contributed by atoms with van der Waals surface area (Å²) >= 11 is 0. The number of hydrogen-bond acceptors (Lipinski definition) is 2. The molecule has 1 N–H and O–H groups in total. The van der Waals surface area contributed by atoms with E-state index in [-0.39, 0.29) is 0 Å². The highest BCUT2D eigenvalue weighted by molar-refractivity contribution is 5.97. The van der Waals surface area contributed by atoms with E-state index in [2.05, 4.69) is 80.7 Å². The second kappa shape index (κ2) is 9.47. The zero-order chi connectivity index (χ0) is 22.7. The molecule has 2 aromatic rings. The van der Waals surface area contributed by atoms with Crippen LogP contribution in [0.4, 0.5) is 0 Å². The van der Waals surface area contributed by atoms with Gasteiger partial charge in [0, 0.05) is 24.4 Å². The molecular weight excluding hydrogens is 380 g/mol. The molecule has 0 amide bonds. The van der Waals surface area contributed by atoms with Crippen molar-refractivity contribution >= 4 is 16.8 Å². The van der Waals surface area contributed by atoms with Gasteiger partial charge in [0.05, 0.1) is 18.5 Å². The SMILES string of the molecule is C=C(/C(C(=C)c1c[nH]c(C(=C)N2CCCC2C(C)C)c1)=C(/C)OC)c1ccc(C)cc1. The van der Waals surface area contributed by atoms with Crippen LogP contribution in [0.2, 0.25) is 0 Å². The van der Waals surface area contributed by atoms with Gasteiger partial charge in [0.25, 0.3) is 0 Å². The van der Waals surface area contributed by atoms with Crippen molar-refractivity contribution in [2.24, 2.45) is 5.92 Å². The van der Waals surface area contributed by atoms with Crippen LogP contribution in [-0.2, 0) is 4.74 Å². The van der Waals surface area contributed by atoms with Gasteiger partial charge >= 0.3 is 0 Å². The first kappa shape index (κ1) is 22.7. The summed E-state index contributed by atoms with van der Waals surface area (Å²) in [7, 11) is 1.69. The summed E-state index contributed by atoms with van der Waals surface area (Å²) in [6.45, 7) is 22.9. The Morgan fingerprint density at radius 1 is 1.10 bits per heavy atom. The predicted octanol–water partition coefficient (Wildman–Crippen LogP) is 7.06. The summed E-state index contributed by atoms with van der Waals surface area (Å²) in [5, 5.41) is 0. The van der Waals surface area contributed by atoms with Gasteiger partial charge in [-0.1, -0.05) is 63.4 Å². The van der Waals surface area contributed by atoms with Crippen LogP contribution in [0.5, 0.6) is 0 Å². The maximum absolute atomic E-state index is 5.62. The van der Waals surface area contributed by atoms with Crippen molar-refractivity contribution in [1.29, 1.82) is 0 Å². The minimum atomic E-state index is 0.551. The highest BCUT2D eigenvalue weighted by Crippen LogP contribution is 2.37. The van der Waals surface area contributed by atoms with Gasteiger partial charge in [-0.3, -0.25) is 0 Å². The first-order valence-corrected chi connectivity index (χ1v) is 11.1. The third-order valence-electron chi connectivity index (χ3n) is 6.42. The summed E-state index contributed by atoms with van der Waals surface area (Å²) in [4.78, 5) is 5.88. The van der Waals surface area contributed by atoms with E-state index in [1.165, 1.54) is 18.4 Å².